The van der Waals surface area contributed by atoms with Crippen molar-refractivity contribution in [1.29, 1.82) is 0 Å². The number of hydrogen-bond donors (Lipinski definition) is 0. The third-order valence-corrected chi connectivity index (χ3v) is 2.22. The van der Waals surface area contributed by atoms with Crippen molar-refractivity contribution in [2.24, 2.45) is 0 Å². The molecular weight excluding hydrogens is 260 g/mol. The molecule has 0 saturated carbocycles. The number of alkyl halides is 1. The van der Waals surface area contributed by atoms with Crippen LogP contribution < -0.4 is 0 Å². The van der Waals surface area contributed by atoms with Gasteiger partial charge in [0.2, 0.25) is 6.29 Å². The molecule has 18 heavy (non-hydrogen) atoms. The van der Waals surface area contributed by atoms with Gasteiger partial charge in [-0.2, -0.15) is 0 Å². The molecule has 5 nitrogen and oxygen atoms in total. The van der Waals surface area contributed by atoms with Gasteiger partial charge >= 0.3 is 11.9 Å². The minimum atomic E-state index is -0.845. The maximum absolute atomic E-state index is 11.3. The highest BCUT2D eigenvalue weighted by Crippen LogP contribution is 2.03. The van der Waals surface area contributed by atoms with Crippen LogP contribution in [-0.4, -0.2) is 37.3 Å². The first kappa shape index (κ1) is 17.2. The molecule has 0 rings (SSSR count). The molecule has 0 fully saturated rings. The number of rotatable bonds is 10. The predicted molar refractivity (Wildman–Crippen MR) is 67.3 cm³/mol. The van der Waals surface area contributed by atoms with Gasteiger partial charge in [-0.05, 0) is 6.42 Å². The van der Waals surface area contributed by atoms with E-state index in [2.05, 4.69) is 0 Å². The summed E-state index contributed by atoms with van der Waals surface area (Å²) >= 11 is 5.43. The molecule has 1 unspecified atom stereocenters. The molecule has 0 bridgehead atoms. The van der Waals surface area contributed by atoms with Gasteiger partial charge in [0, 0.05) is 12.3 Å². The second kappa shape index (κ2) is 11.3. The van der Waals surface area contributed by atoms with Gasteiger partial charge in [-0.1, -0.05) is 20.3 Å². The van der Waals surface area contributed by atoms with E-state index < -0.39 is 12.3 Å². The van der Waals surface area contributed by atoms with Crippen molar-refractivity contribution < 1.29 is 23.8 Å². The van der Waals surface area contributed by atoms with E-state index in [9.17, 15) is 9.59 Å². The normalized spacial score (nSPS) is 11.9. The maximum Gasteiger partial charge on any atom is 0.309 e. The van der Waals surface area contributed by atoms with E-state index in [0.29, 0.717) is 6.61 Å². The van der Waals surface area contributed by atoms with Gasteiger partial charge < -0.3 is 14.2 Å². The fourth-order valence-electron chi connectivity index (χ4n) is 1.02. The van der Waals surface area contributed by atoms with E-state index in [4.69, 9.17) is 25.8 Å². The zero-order valence-corrected chi connectivity index (χ0v) is 11.7. The largest absolute Gasteiger partial charge is 0.459 e. The first-order valence-electron chi connectivity index (χ1n) is 6.16. The third kappa shape index (κ3) is 9.24. The monoisotopic (exact) mass is 280 g/mol. The molecule has 0 amide bonds. The Morgan fingerprint density at radius 1 is 1.22 bits per heavy atom. The van der Waals surface area contributed by atoms with Crippen molar-refractivity contribution in [1.82, 2.24) is 0 Å². The molecule has 0 aliphatic carbocycles. The van der Waals surface area contributed by atoms with E-state index in [1.165, 1.54) is 0 Å². The SMILES string of the molecule is CCCCOC(COC(=O)CC)OC(=O)CCCl. The average molecular weight is 281 g/mol. The lowest BCUT2D eigenvalue weighted by molar-refractivity contribution is -0.194. The van der Waals surface area contributed by atoms with Crippen molar-refractivity contribution in [2.75, 3.05) is 19.1 Å². The van der Waals surface area contributed by atoms with E-state index in [-0.39, 0.29) is 31.3 Å². The molecule has 0 aromatic heterocycles. The topological polar surface area (TPSA) is 61.8 Å². The summed E-state index contributed by atoms with van der Waals surface area (Å²) in [5, 5.41) is 0. The molecule has 0 saturated heterocycles. The lowest BCUT2D eigenvalue weighted by Crippen LogP contribution is -2.28. The number of esters is 2. The maximum atomic E-state index is 11.3. The highest BCUT2D eigenvalue weighted by atomic mass is 35.5. The predicted octanol–water partition coefficient (Wildman–Crippen LogP) is 2.25. The molecule has 0 aliphatic rings. The number of unbranched alkanes of at least 4 members (excludes halogenated alkanes) is 1. The van der Waals surface area contributed by atoms with Crippen molar-refractivity contribution >= 4 is 23.5 Å². The number of ether oxygens (including phenoxy) is 3. The van der Waals surface area contributed by atoms with E-state index in [1.54, 1.807) is 6.92 Å². The van der Waals surface area contributed by atoms with Crippen LogP contribution in [0.15, 0.2) is 0 Å². The number of carbonyl (C=O) groups excluding carboxylic acids is 2. The molecule has 0 aromatic carbocycles. The fraction of sp³-hybridized carbons (Fsp3) is 0.833. The Morgan fingerprint density at radius 3 is 2.50 bits per heavy atom. The number of halogens is 1. The van der Waals surface area contributed by atoms with Crippen LogP contribution in [0.5, 0.6) is 0 Å². The molecule has 6 heteroatoms. The highest BCUT2D eigenvalue weighted by Gasteiger charge is 2.16. The van der Waals surface area contributed by atoms with Crippen LogP contribution in [0.2, 0.25) is 0 Å². The Balaban J connectivity index is 4.06. The van der Waals surface area contributed by atoms with E-state index in [1.807, 2.05) is 6.92 Å². The standard InChI is InChI=1S/C12H21ClO5/c1-3-5-8-16-12(9-17-10(14)4-2)18-11(15)6-7-13/h12H,3-9H2,1-2H3. The second-order valence-electron chi connectivity index (χ2n) is 3.62. The third-order valence-electron chi connectivity index (χ3n) is 2.03. The highest BCUT2D eigenvalue weighted by molar-refractivity contribution is 6.18. The first-order valence-corrected chi connectivity index (χ1v) is 6.70. The Bertz CT molecular complexity index is 245. The Labute approximate surface area is 113 Å². The van der Waals surface area contributed by atoms with Gasteiger partial charge in [0.1, 0.15) is 0 Å². The fourth-order valence-corrected chi connectivity index (χ4v) is 1.18. The molecule has 1 atom stereocenters. The molecule has 0 aromatic rings. The van der Waals surface area contributed by atoms with Crippen LogP contribution in [0.3, 0.4) is 0 Å². The van der Waals surface area contributed by atoms with Crippen molar-refractivity contribution in [3.05, 3.63) is 0 Å². The van der Waals surface area contributed by atoms with Gasteiger partial charge in [-0.15, -0.1) is 11.6 Å². The zero-order valence-electron chi connectivity index (χ0n) is 10.9. The summed E-state index contributed by atoms with van der Waals surface area (Å²) in [4.78, 5) is 22.3. The zero-order chi connectivity index (χ0) is 13.8. The first-order chi connectivity index (χ1) is 8.63. The lowest BCUT2D eigenvalue weighted by atomic mass is 10.4. The van der Waals surface area contributed by atoms with Gasteiger partial charge in [0.15, 0.2) is 6.61 Å². The van der Waals surface area contributed by atoms with Gasteiger partial charge in [-0.3, -0.25) is 9.59 Å². The summed E-state index contributed by atoms with van der Waals surface area (Å²) in [5.41, 5.74) is 0. The van der Waals surface area contributed by atoms with Crippen molar-refractivity contribution in [3.63, 3.8) is 0 Å². The van der Waals surface area contributed by atoms with E-state index >= 15 is 0 Å². The summed E-state index contributed by atoms with van der Waals surface area (Å²) < 4.78 is 15.2. The Morgan fingerprint density at radius 2 is 1.94 bits per heavy atom. The van der Waals surface area contributed by atoms with Gasteiger partial charge in [0.25, 0.3) is 0 Å². The molecule has 0 N–H and O–H groups in total. The molecule has 106 valence electrons. The molecule has 0 heterocycles. The van der Waals surface area contributed by atoms with Crippen LogP contribution in [0.25, 0.3) is 0 Å². The summed E-state index contributed by atoms with van der Waals surface area (Å²) in [5.74, 6) is -0.624. The van der Waals surface area contributed by atoms with Crippen LogP contribution in [0.1, 0.15) is 39.5 Å². The quantitative estimate of drug-likeness (QED) is 0.266. The Hall–Kier alpha value is -0.810. The Kier molecular flexibility index (Phi) is 10.8. The summed E-state index contributed by atoms with van der Waals surface area (Å²) in [6.07, 6.45) is 1.36. The average Bonchev–Trinajstić information content (AvgIpc) is 2.35. The number of hydrogen-bond acceptors (Lipinski definition) is 5. The molecule has 0 aliphatic heterocycles. The summed E-state index contributed by atoms with van der Waals surface area (Å²) in [6.45, 7) is 4.09. The molecule has 0 spiro atoms. The van der Waals surface area contributed by atoms with Crippen molar-refractivity contribution in [3.8, 4) is 0 Å². The van der Waals surface area contributed by atoms with Crippen LogP contribution in [-0.2, 0) is 23.8 Å². The minimum Gasteiger partial charge on any atom is -0.459 e. The smallest absolute Gasteiger partial charge is 0.309 e. The number of carbonyl (C=O) groups is 2. The summed E-state index contributed by atoms with van der Waals surface area (Å²) in [7, 11) is 0. The minimum absolute atomic E-state index is 0.0790. The van der Waals surface area contributed by atoms with Crippen LogP contribution >= 0.6 is 11.6 Å². The van der Waals surface area contributed by atoms with Crippen LogP contribution in [0, 0.1) is 0 Å². The molecular formula is C12H21ClO5. The molecule has 0 radical (unpaired) electrons. The van der Waals surface area contributed by atoms with Gasteiger partial charge in [-0.25, -0.2) is 0 Å². The van der Waals surface area contributed by atoms with Gasteiger partial charge in [0.05, 0.1) is 13.0 Å². The lowest BCUT2D eigenvalue weighted by Gasteiger charge is -2.18. The van der Waals surface area contributed by atoms with E-state index in [0.717, 1.165) is 12.8 Å². The second-order valence-corrected chi connectivity index (χ2v) is 4.00. The summed E-state index contributed by atoms with van der Waals surface area (Å²) in [6, 6.07) is 0. The van der Waals surface area contributed by atoms with Crippen LogP contribution in [0.4, 0.5) is 0 Å². The van der Waals surface area contributed by atoms with Crippen molar-refractivity contribution in [2.45, 2.75) is 45.8 Å².